The molecule has 0 spiro atoms. The zero-order chi connectivity index (χ0) is 13.5. The number of benzene rings is 1. The van der Waals surface area contributed by atoms with Crippen molar-refractivity contribution in [1.82, 2.24) is 5.01 Å². The van der Waals surface area contributed by atoms with Crippen molar-refractivity contribution in [2.24, 2.45) is 17.5 Å². The molecule has 1 aromatic carbocycles. The van der Waals surface area contributed by atoms with Crippen molar-refractivity contribution in [2.45, 2.75) is 32.4 Å². The second-order valence-corrected chi connectivity index (χ2v) is 5.27. The molecule has 0 bridgehead atoms. The van der Waals surface area contributed by atoms with Gasteiger partial charge >= 0.3 is 0 Å². The first-order chi connectivity index (χ1) is 8.49. The molecule has 0 aliphatic carbocycles. The monoisotopic (exact) mass is 251 g/mol. The summed E-state index contributed by atoms with van der Waals surface area (Å²) in [6.45, 7) is 5.35. The molecule has 0 aromatic heterocycles. The van der Waals surface area contributed by atoms with E-state index in [0.717, 1.165) is 12.1 Å². The number of aliphatic hydroxyl groups excluding tert-OH is 1. The van der Waals surface area contributed by atoms with Crippen molar-refractivity contribution in [3.63, 3.8) is 0 Å². The van der Waals surface area contributed by atoms with Crippen LogP contribution in [0.2, 0.25) is 0 Å². The molecule has 1 rings (SSSR count). The quantitative estimate of drug-likeness (QED) is 0.494. The zero-order valence-corrected chi connectivity index (χ0v) is 11.3. The minimum Gasteiger partial charge on any atom is -0.390 e. The number of nitrogens with two attached hydrogens (primary N) is 2. The lowest BCUT2D eigenvalue weighted by Crippen LogP contribution is -2.48. The third kappa shape index (κ3) is 5.60. The molecule has 0 saturated carbocycles. The van der Waals surface area contributed by atoms with Gasteiger partial charge in [0.2, 0.25) is 0 Å². The van der Waals surface area contributed by atoms with Gasteiger partial charge in [0.05, 0.1) is 6.10 Å². The minimum atomic E-state index is -0.603. The molecule has 0 aliphatic heterocycles. The predicted octanol–water partition coefficient (Wildman–Crippen LogP) is 0.749. The highest BCUT2D eigenvalue weighted by atomic mass is 16.3. The van der Waals surface area contributed by atoms with E-state index in [1.807, 2.05) is 30.3 Å². The first-order valence-corrected chi connectivity index (χ1v) is 6.46. The van der Waals surface area contributed by atoms with Gasteiger partial charge in [-0.15, -0.1) is 0 Å². The van der Waals surface area contributed by atoms with Gasteiger partial charge in [-0.05, 0) is 17.9 Å². The lowest BCUT2D eigenvalue weighted by atomic mass is 10.0. The third-order valence-electron chi connectivity index (χ3n) is 2.83. The molecule has 0 saturated heterocycles. The fourth-order valence-electron chi connectivity index (χ4n) is 1.94. The van der Waals surface area contributed by atoms with Crippen LogP contribution in [0.4, 0.5) is 0 Å². The van der Waals surface area contributed by atoms with Gasteiger partial charge in [-0.25, -0.2) is 5.01 Å². The fourth-order valence-corrected chi connectivity index (χ4v) is 1.94. The Morgan fingerprint density at radius 1 is 1.17 bits per heavy atom. The topological polar surface area (TPSA) is 75.5 Å². The van der Waals surface area contributed by atoms with Crippen LogP contribution < -0.4 is 11.6 Å². The smallest absolute Gasteiger partial charge is 0.0834 e. The average Bonchev–Trinajstić information content (AvgIpc) is 2.28. The summed E-state index contributed by atoms with van der Waals surface area (Å²) in [6.07, 6.45) is 0.0614. The number of nitrogens with zero attached hydrogens (tertiary/aromatic N) is 1. The van der Waals surface area contributed by atoms with Crippen molar-refractivity contribution < 1.29 is 5.11 Å². The van der Waals surface area contributed by atoms with Gasteiger partial charge in [0, 0.05) is 19.1 Å². The van der Waals surface area contributed by atoms with E-state index in [4.69, 9.17) is 11.6 Å². The zero-order valence-electron chi connectivity index (χ0n) is 11.3. The van der Waals surface area contributed by atoms with E-state index in [-0.39, 0.29) is 6.04 Å². The molecule has 1 aromatic rings. The summed E-state index contributed by atoms with van der Waals surface area (Å²) < 4.78 is 0. The lowest BCUT2D eigenvalue weighted by Gasteiger charge is -2.25. The van der Waals surface area contributed by atoms with Gasteiger partial charge in [0.25, 0.3) is 0 Å². The second-order valence-electron chi connectivity index (χ2n) is 5.27. The van der Waals surface area contributed by atoms with E-state index >= 15 is 0 Å². The summed E-state index contributed by atoms with van der Waals surface area (Å²) in [6, 6.07) is 9.66. The minimum absolute atomic E-state index is 0.286. The van der Waals surface area contributed by atoms with Crippen LogP contribution in [0.25, 0.3) is 0 Å². The number of hydrogen-bond acceptors (Lipinski definition) is 4. The Morgan fingerprint density at radius 3 is 2.33 bits per heavy atom. The standard InChI is InChI=1S/C14H25N3O/c1-11(2)9-17(16)10-14(18)13(15)8-12-6-4-3-5-7-12/h3-7,11,13-14,18H,8-10,15-16H2,1-2H3/t13-,14?/m0/s1. The molecule has 0 radical (unpaired) electrons. The van der Waals surface area contributed by atoms with Crippen molar-refractivity contribution in [3.8, 4) is 0 Å². The van der Waals surface area contributed by atoms with Crippen LogP contribution in [-0.4, -0.2) is 35.4 Å². The SMILES string of the molecule is CC(C)CN(N)CC(O)[C@@H](N)Cc1ccccc1. The van der Waals surface area contributed by atoms with Crippen LogP contribution in [0.5, 0.6) is 0 Å². The first-order valence-electron chi connectivity index (χ1n) is 6.46. The molecule has 0 heterocycles. The van der Waals surface area contributed by atoms with Gasteiger partial charge in [-0.2, -0.15) is 0 Å². The Morgan fingerprint density at radius 2 is 1.78 bits per heavy atom. The van der Waals surface area contributed by atoms with Crippen molar-refractivity contribution in [3.05, 3.63) is 35.9 Å². The Hall–Kier alpha value is -0.940. The number of hydrazine groups is 1. The number of rotatable bonds is 7. The lowest BCUT2D eigenvalue weighted by molar-refractivity contribution is 0.0856. The van der Waals surface area contributed by atoms with Crippen molar-refractivity contribution in [1.29, 1.82) is 0 Å². The van der Waals surface area contributed by atoms with Crippen LogP contribution in [0.15, 0.2) is 30.3 Å². The average molecular weight is 251 g/mol. The Kier molecular flexibility index (Phi) is 6.29. The third-order valence-corrected chi connectivity index (χ3v) is 2.83. The van der Waals surface area contributed by atoms with Crippen molar-refractivity contribution in [2.75, 3.05) is 13.1 Å². The van der Waals surface area contributed by atoms with Gasteiger partial charge in [-0.3, -0.25) is 5.84 Å². The molecule has 2 atom stereocenters. The molecular formula is C14H25N3O. The van der Waals surface area contributed by atoms with E-state index in [2.05, 4.69) is 13.8 Å². The predicted molar refractivity (Wildman–Crippen MR) is 74.7 cm³/mol. The second kappa shape index (κ2) is 7.48. The van der Waals surface area contributed by atoms with Crippen LogP contribution in [0, 0.1) is 5.92 Å². The Balaban J connectivity index is 2.39. The molecule has 5 N–H and O–H groups in total. The molecule has 102 valence electrons. The summed E-state index contributed by atoms with van der Waals surface area (Å²) in [4.78, 5) is 0. The maximum atomic E-state index is 10.0. The molecule has 0 amide bonds. The van der Waals surface area contributed by atoms with Crippen LogP contribution >= 0.6 is 0 Å². The van der Waals surface area contributed by atoms with Crippen LogP contribution in [0.3, 0.4) is 0 Å². The maximum absolute atomic E-state index is 10.0. The molecule has 18 heavy (non-hydrogen) atoms. The van der Waals surface area contributed by atoms with Gasteiger partial charge in [0.1, 0.15) is 0 Å². The van der Waals surface area contributed by atoms with E-state index in [1.54, 1.807) is 5.01 Å². The summed E-state index contributed by atoms with van der Waals surface area (Å²) in [5.41, 5.74) is 7.13. The van der Waals surface area contributed by atoms with E-state index in [0.29, 0.717) is 18.9 Å². The highest BCUT2D eigenvalue weighted by molar-refractivity contribution is 5.16. The molecule has 1 unspecified atom stereocenters. The van der Waals surface area contributed by atoms with Gasteiger partial charge < -0.3 is 10.8 Å². The molecule has 0 aliphatic rings. The Bertz CT molecular complexity index is 329. The summed E-state index contributed by atoms with van der Waals surface area (Å²) in [5, 5.41) is 11.7. The van der Waals surface area contributed by atoms with Crippen molar-refractivity contribution >= 4 is 0 Å². The van der Waals surface area contributed by atoms with Crippen LogP contribution in [0.1, 0.15) is 19.4 Å². The van der Waals surface area contributed by atoms with E-state index in [9.17, 15) is 5.11 Å². The Labute approximate surface area is 110 Å². The number of aliphatic hydroxyl groups is 1. The maximum Gasteiger partial charge on any atom is 0.0834 e. The first kappa shape index (κ1) is 15.1. The summed E-state index contributed by atoms with van der Waals surface area (Å²) >= 11 is 0. The fraction of sp³-hybridized carbons (Fsp3) is 0.571. The number of hydrogen-bond donors (Lipinski definition) is 3. The van der Waals surface area contributed by atoms with E-state index < -0.39 is 6.10 Å². The molecule has 0 fully saturated rings. The molecular weight excluding hydrogens is 226 g/mol. The normalized spacial score (nSPS) is 15.1. The highest BCUT2D eigenvalue weighted by Gasteiger charge is 2.17. The van der Waals surface area contributed by atoms with Gasteiger partial charge in [-0.1, -0.05) is 44.2 Å². The highest BCUT2D eigenvalue weighted by Crippen LogP contribution is 2.05. The van der Waals surface area contributed by atoms with Gasteiger partial charge in [0.15, 0.2) is 0 Å². The molecule has 4 nitrogen and oxygen atoms in total. The largest absolute Gasteiger partial charge is 0.390 e. The van der Waals surface area contributed by atoms with Crippen LogP contribution in [-0.2, 0) is 6.42 Å². The molecule has 4 heteroatoms. The summed E-state index contributed by atoms with van der Waals surface area (Å²) in [5.74, 6) is 6.30. The summed E-state index contributed by atoms with van der Waals surface area (Å²) in [7, 11) is 0. The van der Waals surface area contributed by atoms with E-state index in [1.165, 1.54) is 0 Å².